The molecule has 18 heavy (non-hydrogen) atoms. The molecule has 0 N–H and O–H groups in total. The predicted molar refractivity (Wildman–Crippen MR) is 70.5 cm³/mol. The van der Waals surface area contributed by atoms with Crippen molar-refractivity contribution in [3.63, 3.8) is 0 Å². The highest BCUT2D eigenvalue weighted by Crippen LogP contribution is 2.12. The van der Waals surface area contributed by atoms with Gasteiger partial charge in [-0.2, -0.15) is 0 Å². The first-order chi connectivity index (χ1) is 8.52. The lowest BCUT2D eigenvalue weighted by molar-refractivity contribution is -0.140. The lowest BCUT2D eigenvalue weighted by atomic mass is 10.2. The highest BCUT2D eigenvalue weighted by atomic mass is 32.2. The average Bonchev–Trinajstić information content (AvgIpc) is 2.27. The van der Waals surface area contributed by atoms with Gasteiger partial charge in [0.1, 0.15) is 0 Å². The van der Waals surface area contributed by atoms with Crippen LogP contribution in [0.4, 0.5) is 0 Å². The molecule has 1 rings (SSSR count). The van der Waals surface area contributed by atoms with E-state index in [0.29, 0.717) is 25.4 Å². The first-order valence-electron chi connectivity index (χ1n) is 6.19. The average molecular weight is 275 g/mol. The van der Waals surface area contributed by atoms with E-state index in [9.17, 15) is 9.59 Å². The normalized spacial score (nSPS) is 23.8. The number of carbonyl (C=O) groups excluding carboxylic acids is 2. The van der Waals surface area contributed by atoms with Crippen LogP contribution in [0.3, 0.4) is 0 Å². The minimum Gasteiger partial charge on any atom is -0.465 e. The van der Waals surface area contributed by atoms with E-state index in [2.05, 4.69) is 0 Å². The molecular formula is C12H21NO4S. The molecule has 1 aliphatic rings. The van der Waals surface area contributed by atoms with E-state index in [-0.39, 0.29) is 29.8 Å². The number of amides is 1. The Morgan fingerprint density at radius 3 is 2.44 bits per heavy atom. The van der Waals surface area contributed by atoms with Gasteiger partial charge in [0, 0.05) is 13.1 Å². The zero-order chi connectivity index (χ0) is 13.5. The molecular weight excluding hydrogens is 254 g/mol. The summed E-state index contributed by atoms with van der Waals surface area (Å²) in [5.74, 6) is 0.345. The van der Waals surface area contributed by atoms with Crippen LogP contribution < -0.4 is 0 Å². The van der Waals surface area contributed by atoms with Gasteiger partial charge in [0.2, 0.25) is 5.91 Å². The number of thioether (sulfide) groups is 1. The summed E-state index contributed by atoms with van der Waals surface area (Å²) in [5.41, 5.74) is 0. The van der Waals surface area contributed by atoms with Crippen LogP contribution in [0.25, 0.3) is 0 Å². The van der Waals surface area contributed by atoms with Crippen molar-refractivity contribution in [2.75, 3.05) is 31.2 Å². The van der Waals surface area contributed by atoms with Crippen LogP contribution in [0.15, 0.2) is 0 Å². The summed E-state index contributed by atoms with van der Waals surface area (Å²) in [6.07, 6.45) is 0.153. The number of morpholine rings is 1. The second kappa shape index (κ2) is 7.63. The molecule has 1 fully saturated rings. The van der Waals surface area contributed by atoms with Crippen molar-refractivity contribution < 1.29 is 19.1 Å². The minimum atomic E-state index is -0.265. The number of rotatable bonds is 5. The van der Waals surface area contributed by atoms with Crippen LogP contribution in [-0.4, -0.2) is 60.2 Å². The molecule has 0 bridgehead atoms. The Kier molecular flexibility index (Phi) is 6.49. The second-order valence-electron chi connectivity index (χ2n) is 4.35. The van der Waals surface area contributed by atoms with Gasteiger partial charge in [0.15, 0.2) is 0 Å². The van der Waals surface area contributed by atoms with Gasteiger partial charge in [0.25, 0.3) is 0 Å². The molecule has 0 aromatic carbocycles. The molecule has 5 nitrogen and oxygen atoms in total. The Balaban J connectivity index is 2.25. The van der Waals surface area contributed by atoms with Gasteiger partial charge in [-0.3, -0.25) is 9.59 Å². The molecule has 0 aliphatic carbocycles. The molecule has 0 aromatic heterocycles. The van der Waals surface area contributed by atoms with E-state index in [1.165, 1.54) is 11.8 Å². The van der Waals surface area contributed by atoms with Crippen molar-refractivity contribution >= 4 is 23.6 Å². The topological polar surface area (TPSA) is 55.8 Å². The minimum absolute atomic E-state index is 0.0614. The first-order valence-corrected chi connectivity index (χ1v) is 7.35. The molecule has 1 heterocycles. The molecule has 1 saturated heterocycles. The monoisotopic (exact) mass is 275 g/mol. The number of hydrogen-bond acceptors (Lipinski definition) is 5. The van der Waals surface area contributed by atoms with Gasteiger partial charge in [-0.15, -0.1) is 11.8 Å². The number of nitrogens with zero attached hydrogens (tertiary/aromatic N) is 1. The molecule has 2 atom stereocenters. The van der Waals surface area contributed by atoms with Crippen molar-refractivity contribution in [2.24, 2.45) is 0 Å². The van der Waals surface area contributed by atoms with Gasteiger partial charge < -0.3 is 14.4 Å². The third-order valence-electron chi connectivity index (χ3n) is 2.52. The third kappa shape index (κ3) is 5.27. The van der Waals surface area contributed by atoms with Crippen molar-refractivity contribution in [1.82, 2.24) is 4.90 Å². The van der Waals surface area contributed by atoms with Crippen molar-refractivity contribution in [3.8, 4) is 0 Å². The zero-order valence-corrected chi connectivity index (χ0v) is 12.0. The van der Waals surface area contributed by atoms with Gasteiger partial charge in [0.05, 0.1) is 30.3 Å². The number of esters is 1. The summed E-state index contributed by atoms with van der Waals surface area (Å²) in [4.78, 5) is 24.8. The fourth-order valence-electron chi connectivity index (χ4n) is 1.90. The van der Waals surface area contributed by atoms with Crippen LogP contribution in [0.1, 0.15) is 20.8 Å². The van der Waals surface area contributed by atoms with Crippen LogP contribution in [-0.2, 0) is 19.1 Å². The molecule has 1 amide bonds. The summed E-state index contributed by atoms with van der Waals surface area (Å²) < 4.78 is 10.4. The molecule has 1 aliphatic heterocycles. The maximum Gasteiger partial charge on any atom is 0.315 e. The van der Waals surface area contributed by atoms with Crippen molar-refractivity contribution in [2.45, 2.75) is 33.0 Å². The molecule has 0 unspecified atom stereocenters. The molecule has 0 aromatic rings. The molecule has 104 valence electrons. The van der Waals surface area contributed by atoms with E-state index >= 15 is 0 Å². The Bertz CT molecular complexity index is 288. The molecule has 0 saturated carbocycles. The fraction of sp³-hybridized carbons (Fsp3) is 0.833. The Morgan fingerprint density at radius 1 is 1.28 bits per heavy atom. The van der Waals surface area contributed by atoms with Gasteiger partial charge in [-0.05, 0) is 20.8 Å². The van der Waals surface area contributed by atoms with Crippen molar-refractivity contribution in [3.05, 3.63) is 0 Å². The summed E-state index contributed by atoms with van der Waals surface area (Å²) >= 11 is 1.30. The Labute approximate surface area is 112 Å². The smallest absolute Gasteiger partial charge is 0.315 e. The lowest BCUT2D eigenvalue weighted by Gasteiger charge is -2.35. The van der Waals surface area contributed by atoms with Gasteiger partial charge >= 0.3 is 5.97 Å². The van der Waals surface area contributed by atoms with Crippen LogP contribution in [0.5, 0.6) is 0 Å². The second-order valence-corrected chi connectivity index (χ2v) is 5.34. The maximum atomic E-state index is 11.9. The lowest BCUT2D eigenvalue weighted by Crippen LogP contribution is -2.48. The number of ether oxygens (including phenoxy) is 2. The summed E-state index contributed by atoms with van der Waals surface area (Å²) in [6, 6.07) is 0. The Hall–Kier alpha value is -0.750. The quantitative estimate of drug-likeness (QED) is 0.698. The highest BCUT2D eigenvalue weighted by Gasteiger charge is 2.25. The molecule has 0 spiro atoms. The SMILES string of the molecule is CCOC(=O)CSCC(=O)N1C[C@@H](C)O[C@@H](C)C1. The van der Waals surface area contributed by atoms with E-state index in [0.717, 1.165) is 0 Å². The zero-order valence-electron chi connectivity index (χ0n) is 11.2. The maximum absolute atomic E-state index is 11.9. The van der Waals surface area contributed by atoms with E-state index in [1.807, 2.05) is 13.8 Å². The van der Waals surface area contributed by atoms with Gasteiger partial charge in [-0.1, -0.05) is 0 Å². The van der Waals surface area contributed by atoms with Crippen LogP contribution in [0, 0.1) is 0 Å². The van der Waals surface area contributed by atoms with E-state index in [4.69, 9.17) is 9.47 Å². The largest absolute Gasteiger partial charge is 0.465 e. The fourth-order valence-corrected chi connectivity index (χ4v) is 2.61. The van der Waals surface area contributed by atoms with E-state index in [1.54, 1.807) is 11.8 Å². The number of hydrogen-bond donors (Lipinski definition) is 0. The summed E-state index contributed by atoms with van der Waals surface area (Å²) in [7, 11) is 0. The van der Waals surface area contributed by atoms with Crippen molar-refractivity contribution in [1.29, 1.82) is 0 Å². The number of carbonyl (C=O) groups is 2. The van der Waals surface area contributed by atoms with Crippen LogP contribution >= 0.6 is 11.8 Å². The summed E-state index contributed by atoms with van der Waals surface area (Å²) in [5, 5.41) is 0. The first kappa shape index (κ1) is 15.3. The Morgan fingerprint density at radius 2 is 1.89 bits per heavy atom. The standard InChI is InChI=1S/C12H21NO4S/c1-4-16-12(15)8-18-7-11(14)13-5-9(2)17-10(3)6-13/h9-10H,4-8H2,1-3H3/t9-,10+. The highest BCUT2D eigenvalue weighted by molar-refractivity contribution is 8.00. The third-order valence-corrected chi connectivity index (χ3v) is 3.41. The molecule has 6 heteroatoms. The molecule has 0 radical (unpaired) electrons. The van der Waals surface area contributed by atoms with E-state index < -0.39 is 0 Å². The van der Waals surface area contributed by atoms with Gasteiger partial charge in [-0.25, -0.2) is 0 Å². The predicted octanol–water partition coefficient (Wildman–Crippen LogP) is 0.919. The summed E-state index contributed by atoms with van der Waals surface area (Å²) in [6.45, 7) is 7.33. The van der Waals surface area contributed by atoms with Crippen LogP contribution in [0.2, 0.25) is 0 Å².